The van der Waals surface area contributed by atoms with Crippen LogP contribution >= 0.6 is 0 Å². The fourth-order valence-electron chi connectivity index (χ4n) is 5.85. The van der Waals surface area contributed by atoms with Gasteiger partial charge in [0.2, 0.25) is 5.91 Å². The van der Waals surface area contributed by atoms with E-state index in [4.69, 9.17) is 4.74 Å². The molecule has 3 aliphatic rings. The average molecular weight is 456 g/mol. The molecular formula is C28H41NO4. The van der Waals surface area contributed by atoms with Crippen LogP contribution in [0.1, 0.15) is 88.2 Å². The molecule has 2 N–H and O–H groups in total. The SMILES string of the molecule is CCCCC[C@H](O)C=C[C@@H]1[C@H]2c3cccc(CCCC(=O)N4CCCCC4)c3O[C@H]2C[C@H]1O. The molecule has 5 nitrogen and oxygen atoms in total. The van der Waals surface area contributed by atoms with Crippen LogP contribution < -0.4 is 4.74 Å². The smallest absolute Gasteiger partial charge is 0.222 e. The summed E-state index contributed by atoms with van der Waals surface area (Å²) < 4.78 is 6.37. The first-order valence-electron chi connectivity index (χ1n) is 13.2. The minimum Gasteiger partial charge on any atom is -0.489 e. The van der Waals surface area contributed by atoms with Gasteiger partial charge in [0, 0.05) is 43.3 Å². The number of fused-ring (bicyclic) bond motifs is 3. The summed E-state index contributed by atoms with van der Waals surface area (Å²) in [5.74, 6) is 1.34. The molecule has 33 heavy (non-hydrogen) atoms. The number of unbranched alkanes of at least 4 members (excludes halogenated alkanes) is 2. The van der Waals surface area contributed by atoms with Crippen molar-refractivity contribution in [2.24, 2.45) is 5.92 Å². The van der Waals surface area contributed by atoms with Crippen LogP contribution in [0, 0.1) is 5.92 Å². The maximum atomic E-state index is 12.5. The number of hydrogen-bond acceptors (Lipinski definition) is 4. The van der Waals surface area contributed by atoms with E-state index in [0.717, 1.165) is 70.2 Å². The molecule has 5 atom stereocenters. The third-order valence-electron chi connectivity index (χ3n) is 7.69. The molecule has 5 heteroatoms. The standard InChI is InChI=1S/C28H41NO4/c1-2-3-5-12-21(30)15-16-22-24(31)19-25-27(22)23-13-8-10-20(28(23)33-25)11-9-14-26(32)29-17-6-4-7-18-29/h8,10,13,15-16,21-22,24-25,27,30-31H,2-7,9,11-12,14,17-19H2,1H3/t21-,22-,24+,25-,27-/m0/s1. The van der Waals surface area contributed by atoms with E-state index in [9.17, 15) is 15.0 Å². The first-order chi connectivity index (χ1) is 16.1. The van der Waals surface area contributed by atoms with E-state index in [-0.39, 0.29) is 23.8 Å². The average Bonchev–Trinajstić information content (AvgIpc) is 3.33. The molecule has 0 radical (unpaired) electrons. The molecular weight excluding hydrogens is 414 g/mol. The van der Waals surface area contributed by atoms with Crippen molar-refractivity contribution >= 4 is 5.91 Å². The Hall–Kier alpha value is -1.85. The first kappa shape index (κ1) is 24.3. The Bertz CT molecular complexity index is 816. The highest BCUT2D eigenvalue weighted by atomic mass is 16.5. The van der Waals surface area contributed by atoms with Gasteiger partial charge < -0.3 is 19.8 Å². The van der Waals surface area contributed by atoms with Crippen molar-refractivity contribution in [2.45, 2.75) is 102 Å². The Morgan fingerprint density at radius 1 is 1.21 bits per heavy atom. The van der Waals surface area contributed by atoms with Crippen LogP contribution in [0.15, 0.2) is 30.4 Å². The second-order valence-electron chi connectivity index (χ2n) is 10.1. The van der Waals surface area contributed by atoms with E-state index in [2.05, 4.69) is 25.1 Å². The van der Waals surface area contributed by atoms with Gasteiger partial charge in [-0.3, -0.25) is 4.79 Å². The maximum absolute atomic E-state index is 12.5. The van der Waals surface area contributed by atoms with E-state index < -0.39 is 12.2 Å². The number of aliphatic hydroxyl groups is 2. The topological polar surface area (TPSA) is 70.0 Å². The van der Waals surface area contributed by atoms with Crippen molar-refractivity contribution in [2.75, 3.05) is 13.1 Å². The zero-order valence-electron chi connectivity index (χ0n) is 20.1. The van der Waals surface area contributed by atoms with E-state index in [1.807, 2.05) is 17.1 Å². The first-order valence-corrected chi connectivity index (χ1v) is 13.2. The van der Waals surface area contributed by atoms with Gasteiger partial charge in [0.15, 0.2) is 0 Å². The van der Waals surface area contributed by atoms with Crippen LogP contribution in [-0.4, -0.2) is 52.4 Å². The number of carbonyl (C=O) groups excluding carboxylic acids is 1. The molecule has 4 rings (SSSR count). The number of ether oxygens (including phenoxy) is 1. The van der Waals surface area contributed by atoms with Gasteiger partial charge in [0.05, 0.1) is 12.2 Å². The summed E-state index contributed by atoms with van der Waals surface area (Å²) >= 11 is 0. The fourth-order valence-corrected chi connectivity index (χ4v) is 5.85. The molecule has 0 unspecified atom stereocenters. The summed E-state index contributed by atoms with van der Waals surface area (Å²) in [4.78, 5) is 14.5. The van der Waals surface area contributed by atoms with E-state index in [1.165, 1.54) is 17.5 Å². The number of aliphatic hydroxyl groups excluding tert-OH is 2. The molecule has 2 aliphatic heterocycles. The minimum absolute atomic E-state index is 0.0157. The molecule has 0 aromatic heterocycles. The lowest BCUT2D eigenvalue weighted by atomic mass is 9.86. The number of amides is 1. The predicted molar refractivity (Wildman–Crippen MR) is 130 cm³/mol. The highest BCUT2D eigenvalue weighted by molar-refractivity contribution is 5.76. The van der Waals surface area contributed by atoms with Gasteiger partial charge >= 0.3 is 0 Å². The maximum Gasteiger partial charge on any atom is 0.222 e. The Morgan fingerprint density at radius 2 is 2.03 bits per heavy atom. The summed E-state index contributed by atoms with van der Waals surface area (Å²) in [5, 5.41) is 21.0. The zero-order chi connectivity index (χ0) is 23.2. The lowest BCUT2D eigenvalue weighted by molar-refractivity contribution is -0.132. The number of rotatable bonds is 10. The van der Waals surface area contributed by atoms with E-state index >= 15 is 0 Å². The number of carbonyl (C=O) groups is 1. The molecule has 182 valence electrons. The fraction of sp³-hybridized carbons (Fsp3) is 0.679. The van der Waals surface area contributed by atoms with Gasteiger partial charge in [-0.1, -0.05) is 56.5 Å². The highest BCUT2D eigenvalue weighted by Crippen LogP contribution is 2.52. The quantitative estimate of drug-likeness (QED) is 0.395. The monoisotopic (exact) mass is 455 g/mol. The molecule has 1 saturated heterocycles. The number of piperidine rings is 1. The Kier molecular flexibility index (Phi) is 8.48. The molecule has 2 heterocycles. The molecule has 1 aromatic carbocycles. The second kappa shape index (κ2) is 11.5. The number of hydrogen-bond donors (Lipinski definition) is 2. The number of para-hydroxylation sites is 1. The Morgan fingerprint density at radius 3 is 2.82 bits per heavy atom. The molecule has 0 bridgehead atoms. The molecule has 1 aromatic rings. The van der Waals surface area contributed by atoms with Crippen molar-refractivity contribution in [3.05, 3.63) is 41.5 Å². The Balaban J connectivity index is 1.37. The highest BCUT2D eigenvalue weighted by Gasteiger charge is 2.48. The van der Waals surface area contributed by atoms with Crippen molar-refractivity contribution in [3.8, 4) is 5.75 Å². The summed E-state index contributed by atoms with van der Waals surface area (Å²) in [6.07, 6.45) is 13.4. The van der Waals surface area contributed by atoms with Gasteiger partial charge in [-0.05, 0) is 44.1 Å². The van der Waals surface area contributed by atoms with Crippen molar-refractivity contribution in [3.63, 3.8) is 0 Å². The molecule has 1 aliphatic carbocycles. The van der Waals surface area contributed by atoms with Crippen molar-refractivity contribution in [1.82, 2.24) is 4.90 Å². The van der Waals surface area contributed by atoms with Gasteiger partial charge in [-0.2, -0.15) is 0 Å². The van der Waals surface area contributed by atoms with Crippen molar-refractivity contribution in [1.29, 1.82) is 0 Å². The summed E-state index contributed by atoms with van der Waals surface area (Å²) in [7, 11) is 0. The van der Waals surface area contributed by atoms with Crippen LogP contribution in [-0.2, 0) is 11.2 Å². The predicted octanol–water partition coefficient (Wildman–Crippen LogP) is 4.74. The van der Waals surface area contributed by atoms with Crippen LogP contribution in [0.25, 0.3) is 0 Å². The number of aryl methyl sites for hydroxylation is 1. The Labute approximate surface area is 198 Å². The van der Waals surface area contributed by atoms with E-state index in [0.29, 0.717) is 12.8 Å². The molecule has 2 fully saturated rings. The number of likely N-dealkylation sites (tertiary alicyclic amines) is 1. The summed E-state index contributed by atoms with van der Waals surface area (Å²) in [6.45, 7) is 3.99. The van der Waals surface area contributed by atoms with E-state index in [1.54, 1.807) is 0 Å². The number of nitrogens with zero attached hydrogens (tertiary/aromatic N) is 1. The van der Waals surface area contributed by atoms with Crippen LogP contribution in [0.3, 0.4) is 0 Å². The zero-order valence-corrected chi connectivity index (χ0v) is 20.1. The third-order valence-corrected chi connectivity index (χ3v) is 7.69. The van der Waals surface area contributed by atoms with Crippen LogP contribution in [0.5, 0.6) is 5.75 Å². The molecule has 0 spiro atoms. The summed E-state index contributed by atoms with van der Waals surface area (Å²) in [5.41, 5.74) is 2.34. The molecule has 1 amide bonds. The minimum atomic E-state index is -0.451. The van der Waals surface area contributed by atoms with Crippen LogP contribution in [0.2, 0.25) is 0 Å². The number of benzene rings is 1. The van der Waals surface area contributed by atoms with Gasteiger partial charge in [0.1, 0.15) is 11.9 Å². The van der Waals surface area contributed by atoms with Crippen molar-refractivity contribution < 1.29 is 19.7 Å². The van der Waals surface area contributed by atoms with Gasteiger partial charge in [-0.25, -0.2) is 0 Å². The normalized spacial score (nSPS) is 27.4. The largest absolute Gasteiger partial charge is 0.489 e. The van der Waals surface area contributed by atoms with Gasteiger partial charge in [0.25, 0.3) is 0 Å². The summed E-state index contributed by atoms with van der Waals surface area (Å²) in [6, 6.07) is 6.32. The van der Waals surface area contributed by atoms with Gasteiger partial charge in [-0.15, -0.1) is 0 Å². The molecule has 1 saturated carbocycles. The van der Waals surface area contributed by atoms with Crippen LogP contribution in [0.4, 0.5) is 0 Å². The lowest BCUT2D eigenvalue weighted by Gasteiger charge is -2.26. The lowest BCUT2D eigenvalue weighted by Crippen LogP contribution is -2.35. The third kappa shape index (κ3) is 5.81. The second-order valence-corrected chi connectivity index (χ2v) is 10.1.